The maximum atomic E-state index is 12.3. The van der Waals surface area contributed by atoms with Crippen molar-refractivity contribution in [3.8, 4) is 16.9 Å². The maximum Gasteiger partial charge on any atom is 0.234 e. The van der Waals surface area contributed by atoms with Crippen LogP contribution in [-0.2, 0) is 14.6 Å². The van der Waals surface area contributed by atoms with Gasteiger partial charge in [0, 0.05) is 54.3 Å². The average molecular weight is 574 g/mol. The van der Waals surface area contributed by atoms with Crippen LogP contribution in [0.25, 0.3) is 22.1 Å². The number of amides is 1. The largest absolute Gasteiger partial charge is 0.493 e. The number of halogens is 1. The van der Waals surface area contributed by atoms with Gasteiger partial charge in [0.1, 0.15) is 11.3 Å². The lowest BCUT2D eigenvalue weighted by atomic mass is 10.0. The van der Waals surface area contributed by atoms with E-state index in [-0.39, 0.29) is 23.5 Å². The highest BCUT2D eigenvalue weighted by atomic mass is 35.5. The molecular weight excluding hydrogens is 538 g/mol. The van der Waals surface area contributed by atoms with Gasteiger partial charge in [0.25, 0.3) is 0 Å². The van der Waals surface area contributed by atoms with Gasteiger partial charge in [-0.3, -0.25) is 9.69 Å². The van der Waals surface area contributed by atoms with Crippen molar-refractivity contribution in [3.05, 3.63) is 53.8 Å². The predicted octanol–water partition coefficient (Wildman–Crippen LogP) is 4.22. The highest BCUT2D eigenvalue weighted by molar-refractivity contribution is 7.91. The number of piperazine rings is 1. The molecule has 1 N–H and O–H groups in total. The molecule has 0 radical (unpaired) electrons. The third-order valence-electron chi connectivity index (χ3n) is 7.52. The number of carbonyl (C=O) groups excluding carboxylic acids is 1. The molecule has 1 amide bonds. The van der Waals surface area contributed by atoms with Gasteiger partial charge in [-0.2, -0.15) is 0 Å². The van der Waals surface area contributed by atoms with Crippen LogP contribution in [0.1, 0.15) is 25.7 Å². The molecule has 2 aliphatic heterocycles. The molecule has 0 spiro atoms. The molecule has 2 aromatic carbocycles. The van der Waals surface area contributed by atoms with Crippen molar-refractivity contribution in [3.63, 3.8) is 0 Å². The molecule has 3 aromatic rings. The number of nitrogens with one attached hydrogen (secondary N) is 1. The van der Waals surface area contributed by atoms with E-state index in [2.05, 4.69) is 15.1 Å². The molecule has 1 unspecified atom stereocenters. The maximum absolute atomic E-state index is 12.3. The Morgan fingerprint density at radius 1 is 1.03 bits per heavy atom. The van der Waals surface area contributed by atoms with Gasteiger partial charge in [0.05, 0.1) is 30.9 Å². The summed E-state index contributed by atoms with van der Waals surface area (Å²) in [6.07, 6.45) is 5.50. The zero-order valence-corrected chi connectivity index (χ0v) is 23.7. The fourth-order valence-corrected chi connectivity index (χ4v) is 7.11. The highest BCUT2D eigenvalue weighted by Crippen LogP contribution is 2.33. The molecule has 5 rings (SSSR count). The van der Waals surface area contributed by atoms with E-state index in [9.17, 15) is 13.2 Å². The van der Waals surface area contributed by atoms with Crippen LogP contribution in [0.2, 0.25) is 5.02 Å². The molecule has 0 saturated carbocycles. The van der Waals surface area contributed by atoms with Crippen molar-refractivity contribution in [2.24, 2.45) is 0 Å². The number of benzene rings is 2. The summed E-state index contributed by atoms with van der Waals surface area (Å²) in [6, 6.07) is 13.5. The predicted molar refractivity (Wildman–Crippen MR) is 154 cm³/mol. The van der Waals surface area contributed by atoms with Crippen molar-refractivity contribution < 1.29 is 22.4 Å². The molecule has 210 valence electrons. The molecule has 0 bridgehead atoms. The Hall–Kier alpha value is -2.59. The minimum atomic E-state index is -2.98. The molecule has 2 aliphatic rings. The Balaban J connectivity index is 0.952. The minimum Gasteiger partial charge on any atom is -0.493 e. The molecule has 2 fully saturated rings. The number of carbonyl (C=O) groups is 1. The molecule has 8 nitrogen and oxygen atoms in total. The first kappa shape index (κ1) is 28.0. The van der Waals surface area contributed by atoms with E-state index in [1.807, 2.05) is 42.5 Å². The summed E-state index contributed by atoms with van der Waals surface area (Å²) in [7, 11) is -2.98. The Bertz CT molecular complexity index is 1370. The Morgan fingerprint density at radius 2 is 1.79 bits per heavy atom. The topological polar surface area (TPSA) is 92.1 Å². The molecule has 10 heteroatoms. The van der Waals surface area contributed by atoms with Crippen molar-refractivity contribution >= 4 is 38.3 Å². The van der Waals surface area contributed by atoms with Gasteiger partial charge in [-0.25, -0.2) is 8.42 Å². The van der Waals surface area contributed by atoms with Crippen LogP contribution in [0.5, 0.6) is 5.75 Å². The number of fused-ring (bicyclic) bond motifs is 1. The lowest BCUT2D eigenvalue weighted by Gasteiger charge is -2.34. The van der Waals surface area contributed by atoms with Crippen molar-refractivity contribution in [2.75, 3.05) is 57.4 Å². The van der Waals surface area contributed by atoms with Gasteiger partial charge < -0.3 is 19.4 Å². The van der Waals surface area contributed by atoms with E-state index in [1.165, 1.54) is 0 Å². The number of rotatable bonds is 11. The lowest BCUT2D eigenvalue weighted by Crippen LogP contribution is -2.50. The number of sulfone groups is 1. The van der Waals surface area contributed by atoms with Crippen LogP contribution in [0.15, 0.2) is 53.1 Å². The number of furan rings is 1. The third kappa shape index (κ3) is 7.75. The second-order valence-electron chi connectivity index (χ2n) is 10.5. The van der Waals surface area contributed by atoms with Crippen LogP contribution in [0.3, 0.4) is 0 Å². The van der Waals surface area contributed by atoms with Gasteiger partial charge in [0.15, 0.2) is 9.84 Å². The zero-order chi connectivity index (χ0) is 27.2. The SMILES string of the molecule is O=C(CN1CCN(CCCCCOc2ccc3c(-c4ccc(Cl)cc4)coc3c2)CC1)NC1CCS(=O)(=O)C1. The third-order valence-corrected chi connectivity index (χ3v) is 9.54. The summed E-state index contributed by atoms with van der Waals surface area (Å²) in [4.78, 5) is 16.9. The second kappa shape index (κ2) is 12.7. The van der Waals surface area contributed by atoms with E-state index in [0.29, 0.717) is 24.6 Å². The van der Waals surface area contributed by atoms with Gasteiger partial charge in [-0.15, -0.1) is 0 Å². The molecular formula is C29H36ClN3O5S. The van der Waals surface area contributed by atoms with Crippen LogP contribution >= 0.6 is 11.6 Å². The van der Waals surface area contributed by atoms with Crippen molar-refractivity contribution in [2.45, 2.75) is 31.7 Å². The fourth-order valence-electron chi connectivity index (χ4n) is 5.31. The van der Waals surface area contributed by atoms with Crippen LogP contribution in [0, 0.1) is 0 Å². The summed E-state index contributed by atoms with van der Waals surface area (Å²) in [5.41, 5.74) is 2.91. The number of hydrogen-bond donors (Lipinski definition) is 1. The molecule has 1 atom stereocenters. The fraction of sp³-hybridized carbons (Fsp3) is 0.483. The molecule has 39 heavy (non-hydrogen) atoms. The van der Waals surface area contributed by atoms with Gasteiger partial charge >= 0.3 is 0 Å². The van der Waals surface area contributed by atoms with Crippen molar-refractivity contribution in [1.82, 2.24) is 15.1 Å². The Morgan fingerprint density at radius 3 is 2.54 bits per heavy atom. The van der Waals surface area contributed by atoms with Crippen LogP contribution in [-0.4, -0.2) is 87.5 Å². The first-order valence-corrected chi connectivity index (χ1v) is 15.9. The van der Waals surface area contributed by atoms with Crippen LogP contribution < -0.4 is 10.1 Å². The van der Waals surface area contributed by atoms with E-state index in [1.54, 1.807) is 6.26 Å². The number of nitrogens with zero attached hydrogens (tertiary/aromatic N) is 2. The smallest absolute Gasteiger partial charge is 0.234 e. The number of hydrogen-bond acceptors (Lipinski definition) is 7. The van der Waals surface area contributed by atoms with Gasteiger partial charge in [-0.1, -0.05) is 23.7 Å². The molecule has 0 aliphatic carbocycles. The summed E-state index contributed by atoms with van der Waals surface area (Å²) in [5.74, 6) is 0.992. The first-order valence-electron chi connectivity index (χ1n) is 13.7. The Kier molecular flexibility index (Phi) is 9.12. The van der Waals surface area contributed by atoms with E-state index in [0.717, 1.165) is 79.8 Å². The summed E-state index contributed by atoms with van der Waals surface area (Å²) in [6.45, 7) is 5.66. The van der Waals surface area contributed by atoms with Gasteiger partial charge in [0.2, 0.25) is 5.91 Å². The minimum absolute atomic E-state index is 0.0706. The number of unbranched alkanes of at least 4 members (excludes halogenated alkanes) is 2. The lowest BCUT2D eigenvalue weighted by molar-refractivity contribution is -0.123. The first-order chi connectivity index (χ1) is 18.8. The average Bonchev–Trinajstić information content (AvgIpc) is 3.49. The zero-order valence-electron chi connectivity index (χ0n) is 22.1. The van der Waals surface area contributed by atoms with Crippen LogP contribution in [0.4, 0.5) is 0 Å². The van der Waals surface area contributed by atoms with Crippen molar-refractivity contribution in [1.29, 1.82) is 0 Å². The summed E-state index contributed by atoms with van der Waals surface area (Å²) in [5, 5.41) is 4.65. The molecule has 1 aromatic heterocycles. The number of ether oxygens (including phenoxy) is 1. The quantitative estimate of drug-likeness (QED) is 0.343. The van der Waals surface area contributed by atoms with E-state index >= 15 is 0 Å². The Labute approximate surface area is 235 Å². The second-order valence-corrected chi connectivity index (χ2v) is 13.2. The molecule has 2 saturated heterocycles. The van der Waals surface area contributed by atoms with Gasteiger partial charge in [-0.05, 0) is 62.1 Å². The monoisotopic (exact) mass is 573 g/mol. The summed E-state index contributed by atoms with van der Waals surface area (Å²) < 4.78 is 34.9. The standard InChI is InChI=1S/C29H36ClN3O5S/c30-23-6-4-22(5-7-23)27-20-38-28-18-25(8-9-26(27)28)37-16-3-1-2-11-32-12-14-33(15-13-32)19-29(34)31-24-10-17-39(35,36)21-24/h4-9,18,20,24H,1-3,10-17,19,21H2,(H,31,34). The molecule has 3 heterocycles. The highest BCUT2D eigenvalue weighted by Gasteiger charge is 2.29. The van der Waals surface area contributed by atoms with E-state index in [4.69, 9.17) is 20.8 Å². The van der Waals surface area contributed by atoms with E-state index < -0.39 is 9.84 Å². The summed E-state index contributed by atoms with van der Waals surface area (Å²) >= 11 is 6.01. The normalized spacial score (nSPS) is 19.9.